The van der Waals surface area contributed by atoms with Crippen LogP contribution in [0.3, 0.4) is 0 Å². The average molecular weight is 393 g/mol. The fourth-order valence-electron chi connectivity index (χ4n) is 2.67. The summed E-state index contributed by atoms with van der Waals surface area (Å²) < 4.78 is 27.2. The van der Waals surface area contributed by atoms with E-state index in [-0.39, 0.29) is 11.6 Å². The van der Waals surface area contributed by atoms with Crippen molar-refractivity contribution in [3.05, 3.63) is 72.6 Å². The number of halogens is 2. The summed E-state index contributed by atoms with van der Waals surface area (Å²) >= 11 is 2.40. The molecule has 0 aliphatic rings. The number of pyridine rings is 1. The van der Waals surface area contributed by atoms with E-state index < -0.39 is 0 Å². The van der Waals surface area contributed by atoms with E-state index in [0.717, 1.165) is 26.6 Å². The molecule has 2 heterocycles. The van der Waals surface area contributed by atoms with Gasteiger partial charge in [0.05, 0.1) is 0 Å². The van der Waals surface area contributed by atoms with Crippen LogP contribution in [0.15, 0.2) is 60.9 Å². The van der Waals surface area contributed by atoms with Crippen molar-refractivity contribution < 1.29 is 8.78 Å². The van der Waals surface area contributed by atoms with Crippen molar-refractivity contribution in [1.82, 2.24) is 15.0 Å². The zero-order valence-electron chi connectivity index (χ0n) is 12.8. The van der Waals surface area contributed by atoms with Gasteiger partial charge in [0.15, 0.2) is 0 Å². The van der Waals surface area contributed by atoms with Crippen molar-refractivity contribution in [2.24, 2.45) is 0 Å². The SMILES string of the molecule is Fc1ccc(-c2cc(-c3ccc(F)cc3)c3c([As])ncnc3n2)cc1. The van der Waals surface area contributed by atoms with Crippen molar-refractivity contribution in [3.8, 4) is 22.4 Å². The third-order valence-corrected chi connectivity index (χ3v) is 4.59. The third-order valence-electron chi connectivity index (χ3n) is 3.88. The molecule has 4 rings (SSSR count). The first-order valence-corrected chi connectivity index (χ1v) is 8.42. The third kappa shape index (κ3) is 3.03. The van der Waals surface area contributed by atoms with Crippen LogP contribution >= 0.6 is 0 Å². The van der Waals surface area contributed by atoms with Gasteiger partial charge in [-0.1, -0.05) is 0 Å². The Morgan fingerprint density at radius 3 is 2.00 bits per heavy atom. The van der Waals surface area contributed by atoms with E-state index in [4.69, 9.17) is 0 Å². The molecule has 25 heavy (non-hydrogen) atoms. The summed E-state index contributed by atoms with van der Waals surface area (Å²) in [5.41, 5.74) is 3.65. The van der Waals surface area contributed by atoms with Gasteiger partial charge in [-0.05, 0) is 0 Å². The maximum atomic E-state index is 13.3. The molecule has 0 N–H and O–H groups in total. The summed E-state index contributed by atoms with van der Waals surface area (Å²) in [5.74, 6) is -0.608. The summed E-state index contributed by atoms with van der Waals surface area (Å²) in [5, 5.41) is 0.792. The van der Waals surface area contributed by atoms with Crippen LogP contribution in [0, 0.1) is 11.6 Å². The predicted molar refractivity (Wildman–Crippen MR) is 93.5 cm³/mol. The Labute approximate surface area is 151 Å². The summed E-state index contributed by atoms with van der Waals surface area (Å²) in [7, 11) is 0. The Hall–Kier alpha value is -2.65. The van der Waals surface area contributed by atoms with E-state index in [2.05, 4.69) is 31.8 Å². The van der Waals surface area contributed by atoms with Crippen molar-refractivity contribution in [1.29, 1.82) is 0 Å². The molecule has 4 aromatic rings. The first kappa shape index (κ1) is 15.9. The Morgan fingerprint density at radius 1 is 0.760 bits per heavy atom. The fraction of sp³-hybridized carbons (Fsp3) is 0. The second kappa shape index (κ2) is 6.34. The molecule has 2 aromatic carbocycles. The van der Waals surface area contributed by atoms with E-state index in [9.17, 15) is 8.78 Å². The zero-order chi connectivity index (χ0) is 17.4. The molecule has 3 nitrogen and oxygen atoms in total. The van der Waals surface area contributed by atoms with Gasteiger partial charge in [-0.3, -0.25) is 0 Å². The van der Waals surface area contributed by atoms with E-state index in [1.807, 2.05) is 6.07 Å². The van der Waals surface area contributed by atoms with E-state index >= 15 is 0 Å². The number of hydrogen-bond acceptors (Lipinski definition) is 3. The molecule has 2 radical (unpaired) electrons. The molecule has 0 saturated heterocycles. The maximum absolute atomic E-state index is 13.3. The Bertz CT molecular complexity index is 1060. The quantitative estimate of drug-likeness (QED) is 0.490. The fourth-order valence-corrected chi connectivity index (χ4v) is 3.24. The number of nitrogens with zero attached hydrogens (tertiary/aromatic N) is 3. The van der Waals surface area contributed by atoms with Gasteiger partial charge in [0.25, 0.3) is 0 Å². The average Bonchev–Trinajstić information content (AvgIpc) is 2.62. The number of aromatic nitrogens is 3. The standard InChI is InChI=1S/C19H10AsF2N3/c20-18-17-15(11-1-5-13(21)6-2-11)9-16(25-19(17)24-10-23-18)12-3-7-14(22)8-4-12/h1-10H. The normalized spacial score (nSPS) is 11.0. The molecular formula is C19H10AsF2N3. The molecule has 120 valence electrons. The van der Waals surface area contributed by atoms with E-state index in [1.54, 1.807) is 24.3 Å². The van der Waals surface area contributed by atoms with Gasteiger partial charge >= 0.3 is 151 Å². The molecule has 0 amide bonds. The second-order valence-corrected chi connectivity index (χ2v) is 6.35. The molecule has 0 fully saturated rings. The molecule has 6 heteroatoms. The van der Waals surface area contributed by atoms with Gasteiger partial charge in [0, 0.05) is 0 Å². The molecular weight excluding hydrogens is 383 g/mol. The summed E-state index contributed by atoms with van der Waals surface area (Å²) in [4.78, 5) is 13.1. The predicted octanol–water partition coefficient (Wildman–Crippen LogP) is 3.43. The van der Waals surface area contributed by atoms with Crippen LogP contribution in [0.5, 0.6) is 0 Å². The molecule has 0 atom stereocenters. The van der Waals surface area contributed by atoms with E-state index in [1.165, 1.54) is 30.6 Å². The minimum atomic E-state index is -0.307. The Morgan fingerprint density at radius 2 is 1.36 bits per heavy atom. The molecule has 0 unspecified atom stereocenters. The number of hydrogen-bond donors (Lipinski definition) is 0. The number of benzene rings is 2. The summed E-state index contributed by atoms with van der Waals surface area (Å²) in [6.07, 6.45) is 1.45. The molecule has 2 aromatic heterocycles. The van der Waals surface area contributed by atoms with Gasteiger partial charge < -0.3 is 0 Å². The van der Waals surface area contributed by atoms with Crippen LogP contribution in [0.25, 0.3) is 33.4 Å². The van der Waals surface area contributed by atoms with Gasteiger partial charge in [0.1, 0.15) is 0 Å². The van der Waals surface area contributed by atoms with Gasteiger partial charge in [-0.25, -0.2) is 0 Å². The van der Waals surface area contributed by atoms with Crippen molar-refractivity contribution in [3.63, 3.8) is 0 Å². The molecule has 0 bridgehead atoms. The van der Waals surface area contributed by atoms with Crippen molar-refractivity contribution in [2.45, 2.75) is 0 Å². The zero-order valence-corrected chi connectivity index (χ0v) is 14.7. The Balaban J connectivity index is 2.01. The first-order valence-electron chi connectivity index (χ1n) is 7.48. The number of fused-ring (bicyclic) bond motifs is 1. The van der Waals surface area contributed by atoms with Crippen LogP contribution in [-0.4, -0.2) is 31.8 Å². The van der Waals surface area contributed by atoms with Crippen LogP contribution in [0.1, 0.15) is 0 Å². The van der Waals surface area contributed by atoms with Crippen LogP contribution in [-0.2, 0) is 0 Å². The molecule has 0 aliphatic carbocycles. The first-order chi connectivity index (χ1) is 12.1. The Kier molecular flexibility index (Phi) is 4.02. The van der Waals surface area contributed by atoms with Gasteiger partial charge in [-0.2, -0.15) is 0 Å². The van der Waals surface area contributed by atoms with Crippen LogP contribution in [0.2, 0.25) is 0 Å². The van der Waals surface area contributed by atoms with Crippen molar-refractivity contribution >= 4 is 32.4 Å². The van der Waals surface area contributed by atoms with E-state index in [0.29, 0.717) is 11.3 Å². The van der Waals surface area contributed by atoms with Crippen molar-refractivity contribution in [2.75, 3.05) is 0 Å². The minimum absolute atomic E-state index is 0.301. The molecule has 0 aliphatic heterocycles. The van der Waals surface area contributed by atoms with Crippen LogP contribution in [0.4, 0.5) is 8.78 Å². The number of rotatable bonds is 2. The van der Waals surface area contributed by atoms with Crippen LogP contribution < -0.4 is 4.48 Å². The monoisotopic (exact) mass is 393 g/mol. The van der Waals surface area contributed by atoms with Gasteiger partial charge in [-0.15, -0.1) is 0 Å². The van der Waals surface area contributed by atoms with Gasteiger partial charge in [0.2, 0.25) is 0 Å². The summed E-state index contributed by atoms with van der Waals surface area (Å²) in [6.45, 7) is 0. The topological polar surface area (TPSA) is 38.7 Å². The summed E-state index contributed by atoms with van der Waals surface area (Å²) in [6, 6.07) is 14.2. The second-order valence-electron chi connectivity index (χ2n) is 5.46. The molecule has 0 saturated carbocycles. The molecule has 0 spiro atoms.